The van der Waals surface area contributed by atoms with Crippen molar-refractivity contribution < 1.29 is 4.79 Å². The molecule has 0 fully saturated rings. The standard InChI is InChI=1S/C11H14N2OS/c1-9(8-10-4-3-7-15-10)13(2)11(14)5-6-12/h3-4,7,9H,5,8H2,1-2H3. The zero-order chi connectivity index (χ0) is 11.3. The average Bonchev–Trinajstić information content (AvgIpc) is 2.69. The average molecular weight is 222 g/mol. The number of hydrogen-bond donors (Lipinski definition) is 0. The number of amides is 1. The van der Waals surface area contributed by atoms with Crippen LogP contribution in [0.15, 0.2) is 17.5 Å². The molecule has 0 N–H and O–H groups in total. The van der Waals surface area contributed by atoms with Crippen molar-refractivity contribution in [1.29, 1.82) is 5.26 Å². The number of carbonyl (C=O) groups excluding carboxylic acids is 1. The first-order valence-electron chi connectivity index (χ1n) is 4.80. The summed E-state index contributed by atoms with van der Waals surface area (Å²) in [6.45, 7) is 2.00. The maximum absolute atomic E-state index is 11.4. The number of nitriles is 1. The van der Waals surface area contributed by atoms with Crippen LogP contribution in [0.2, 0.25) is 0 Å². The molecule has 0 saturated carbocycles. The first kappa shape index (κ1) is 11.7. The van der Waals surface area contributed by atoms with Gasteiger partial charge in [0.25, 0.3) is 0 Å². The molecule has 0 saturated heterocycles. The van der Waals surface area contributed by atoms with Crippen LogP contribution in [0.4, 0.5) is 0 Å². The van der Waals surface area contributed by atoms with Crippen molar-refractivity contribution in [3.8, 4) is 6.07 Å². The van der Waals surface area contributed by atoms with Crippen LogP contribution in [0.25, 0.3) is 0 Å². The van der Waals surface area contributed by atoms with Crippen LogP contribution in [0.5, 0.6) is 0 Å². The van der Waals surface area contributed by atoms with E-state index >= 15 is 0 Å². The molecule has 0 aliphatic heterocycles. The number of rotatable bonds is 4. The number of carbonyl (C=O) groups is 1. The molecule has 1 heterocycles. The van der Waals surface area contributed by atoms with Crippen LogP contribution in [0.3, 0.4) is 0 Å². The second-order valence-electron chi connectivity index (χ2n) is 3.47. The molecule has 1 aromatic heterocycles. The Labute approximate surface area is 93.9 Å². The first-order valence-corrected chi connectivity index (χ1v) is 5.68. The number of nitrogens with zero attached hydrogens (tertiary/aromatic N) is 2. The van der Waals surface area contributed by atoms with Gasteiger partial charge in [-0.1, -0.05) is 6.07 Å². The Balaban J connectivity index is 2.50. The Kier molecular flexibility index (Phi) is 4.32. The van der Waals surface area contributed by atoms with Gasteiger partial charge in [0.1, 0.15) is 6.42 Å². The van der Waals surface area contributed by atoms with Crippen LogP contribution >= 0.6 is 11.3 Å². The highest BCUT2D eigenvalue weighted by molar-refractivity contribution is 7.09. The lowest BCUT2D eigenvalue weighted by atomic mass is 10.2. The van der Waals surface area contributed by atoms with Crippen molar-refractivity contribution in [1.82, 2.24) is 4.90 Å². The van der Waals surface area contributed by atoms with Crippen molar-refractivity contribution in [2.75, 3.05) is 7.05 Å². The van der Waals surface area contributed by atoms with Gasteiger partial charge in [0, 0.05) is 24.4 Å². The number of likely N-dealkylation sites (N-methyl/N-ethyl adjacent to an activating group) is 1. The second kappa shape index (κ2) is 5.52. The van der Waals surface area contributed by atoms with E-state index in [4.69, 9.17) is 5.26 Å². The van der Waals surface area contributed by atoms with Gasteiger partial charge in [-0.15, -0.1) is 11.3 Å². The minimum absolute atomic E-state index is 0.0364. The fourth-order valence-corrected chi connectivity index (χ4v) is 2.12. The first-order chi connectivity index (χ1) is 7.15. The monoisotopic (exact) mass is 222 g/mol. The van der Waals surface area contributed by atoms with Gasteiger partial charge in [-0.05, 0) is 18.4 Å². The van der Waals surface area contributed by atoms with Gasteiger partial charge in [-0.25, -0.2) is 0 Å². The van der Waals surface area contributed by atoms with E-state index in [-0.39, 0.29) is 18.4 Å². The predicted molar refractivity (Wildman–Crippen MR) is 60.5 cm³/mol. The van der Waals surface area contributed by atoms with E-state index in [0.717, 1.165) is 6.42 Å². The summed E-state index contributed by atoms with van der Waals surface area (Å²) in [5, 5.41) is 10.5. The molecule has 1 unspecified atom stereocenters. The lowest BCUT2D eigenvalue weighted by molar-refractivity contribution is -0.130. The SMILES string of the molecule is CC(Cc1cccs1)N(C)C(=O)CC#N. The summed E-state index contributed by atoms with van der Waals surface area (Å²) >= 11 is 1.69. The molecule has 0 aliphatic carbocycles. The minimum Gasteiger partial charge on any atom is -0.342 e. The fraction of sp³-hybridized carbons (Fsp3) is 0.455. The van der Waals surface area contributed by atoms with Gasteiger partial charge < -0.3 is 4.90 Å². The molecule has 4 heteroatoms. The van der Waals surface area contributed by atoms with E-state index in [1.807, 2.05) is 24.4 Å². The van der Waals surface area contributed by atoms with E-state index in [1.165, 1.54) is 4.88 Å². The van der Waals surface area contributed by atoms with E-state index in [1.54, 1.807) is 23.3 Å². The molecule has 1 rings (SSSR count). The van der Waals surface area contributed by atoms with E-state index in [2.05, 4.69) is 6.07 Å². The Morgan fingerprint density at radius 3 is 3.00 bits per heavy atom. The maximum atomic E-state index is 11.4. The summed E-state index contributed by atoms with van der Waals surface area (Å²) in [6, 6.07) is 6.08. The fourth-order valence-electron chi connectivity index (χ4n) is 1.29. The molecule has 3 nitrogen and oxygen atoms in total. The topological polar surface area (TPSA) is 44.1 Å². The highest BCUT2D eigenvalue weighted by atomic mass is 32.1. The molecule has 0 aliphatic rings. The largest absolute Gasteiger partial charge is 0.342 e. The van der Waals surface area contributed by atoms with E-state index in [0.29, 0.717) is 0 Å². The Bertz CT molecular complexity index is 353. The van der Waals surface area contributed by atoms with Gasteiger partial charge in [-0.3, -0.25) is 4.79 Å². The zero-order valence-electron chi connectivity index (χ0n) is 8.93. The van der Waals surface area contributed by atoms with Crippen molar-refractivity contribution in [2.45, 2.75) is 25.8 Å². The molecular formula is C11H14N2OS. The lowest BCUT2D eigenvalue weighted by Crippen LogP contribution is -2.35. The van der Waals surface area contributed by atoms with Gasteiger partial charge in [0.15, 0.2) is 0 Å². The van der Waals surface area contributed by atoms with Gasteiger partial charge >= 0.3 is 0 Å². The predicted octanol–water partition coefficient (Wildman–Crippen LogP) is 2.05. The highest BCUT2D eigenvalue weighted by Gasteiger charge is 2.15. The third-order valence-electron chi connectivity index (χ3n) is 2.36. The van der Waals surface area contributed by atoms with Crippen molar-refractivity contribution >= 4 is 17.2 Å². The molecule has 15 heavy (non-hydrogen) atoms. The number of hydrogen-bond acceptors (Lipinski definition) is 3. The van der Waals surface area contributed by atoms with Crippen LogP contribution in [0.1, 0.15) is 18.2 Å². The van der Waals surface area contributed by atoms with Crippen LogP contribution < -0.4 is 0 Å². The van der Waals surface area contributed by atoms with Gasteiger partial charge in [0.2, 0.25) is 5.91 Å². The summed E-state index contributed by atoms with van der Waals surface area (Å²) in [5.74, 6) is -0.110. The summed E-state index contributed by atoms with van der Waals surface area (Å²) in [4.78, 5) is 14.3. The summed E-state index contributed by atoms with van der Waals surface area (Å²) < 4.78 is 0. The Hall–Kier alpha value is -1.34. The van der Waals surface area contributed by atoms with E-state index in [9.17, 15) is 4.79 Å². The molecule has 1 atom stereocenters. The van der Waals surface area contributed by atoms with Crippen molar-refractivity contribution in [2.24, 2.45) is 0 Å². The summed E-state index contributed by atoms with van der Waals surface area (Å²) in [6.07, 6.45) is 0.816. The van der Waals surface area contributed by atoms with Crippen LogP contribution in [-0.4, -0.2) is 23.9 Å². The molecule has 1 aromatic rings. The molecule has 0 radical (unpaired) electrons. The Morgan fingerprint density at radius 1 is 1.73 bits per heavy atom. The third-order valence-corrected chi connectivity index (χ3v) is 3.26. The van der Waals surface area contributed by atoms with Crippen molar-refractivity contribution in [3.63, 3.8) is 0 Å². The smallest absolute Gasteiger partial charge is 0.236 e. The molecule has 0 bridgehead atoms. The van der Waals surface area contributed by atoms with Gasteiger partial charge in [0.05, 0.1) is 6.07 Å². The summed E-state index contributed by atoms with van der Waals surface area (Å²) in [5.41, 5.74) is 0. The van der Waals surface area contributed by atoms with Crippen LogP contribution in [-0.2, 0) is 11.2 Å². The molecule has 80 valence electrons. The molecular weight excluding hydrogens is 208 g/mol. The molecule has 0 aromatic carbocycles. The highest BCUT2D eigenvalue weighted by Crippen LogP contribution is 2.13. The molecule has 1 amide bonds. The summed E-state index contributed by atoms with van der Waals surface area (Å²) in [7, 11) is 1.75. The van der Waals surface area contributed by atoms with Gasteiger partial charge in [-0.2, -0.15) is 5.26 Å². The minimum atomic E-state index is -0.110. The second-order valence-corrected chi connectivity index (χ2v) is 4.50. The van der Waals surface area contributed by atoms with E-state index < -0.39 is 0 Å². The Morgan fingerprint density at radius 2 is 2.47 bits per heavy atom. The normalized spacial score (nSPS) is 11.8. The zero-order valence-corrected chi connectivity index (χ0v) is 9.75. The van der Waals surface area contributed by atoms with Crippen LogP contribution in [0, 0.1) is 11.3 Å². The quantitative estimate of drug-likeness (QED) is 0.782. The number of thiophene rings is 1. The molecule has 0 spiro atoms. The third kappa shape index (κ3) is 3.37. The van der Waals surface area contributed by atoms with Crippen molar-refractivity contribution in [3.05, 3.63) is 22.4 Å². The lowest BCUT2D eigenvalue weighted by Gasteiger charge is -2.23. The maximum Gasteiger partial charge on any atom is 0.236 e.